The first-order valence-corrected chi connectivity index (χ1v) is 15.1. The second-order valence-electron chi connectivity index (χ2n) is 11.6. The number of carbonyl (C=O) groups is 2. The van der Waals surface area contributed by atoms with Crippen LogP contribution in [0, 0.1) is 11.6 Å². The molecule has 10 heteroatoms. The van der Waals surface area contributed by atoms with Gasteiger partial charge in [-0.3, -0.25) is 14.5 Å². The number of amides is 2. The minimum absolute atomic E-state index is 0.0978. The fourth-order valence-corrected chi connectivity index (χ4v) is 6.61. The number of hydrogen-bond donors (Lipinski definition) is 0. The number of likely N-dealkylation sites (N-methyl/N-ethyl adjacent to an activating group) is 2. The van der Waals surface area contributed by atoms with Gasteiger partial charge in [0.15, 0.2) is 0 Å². The van der Waals surface area contributed by atoms with Crippen LogP contribution < -0.4 is 0 Å². The summed E-state index contributed by atoms with van der Waals surface area (Å²) in [5.41, 5.74) is 0.314. The van der Waals surface area contributed by atoms with Crippen molar-refractivity contribution in [1.82, 2.24) is 19.6 Å². The Balaban J connectivity index is 1.46. The Kier molecular flexibility index (Phi) is 10.7. The quantitative estimate of drug-likeness (QED) is 0.354. The molecule has 2 heterocycles. The zero-order chi connectivity index (χ0) is 29.7. The van der Waals surface area contributed by atoms with Gasteiger partial charge in [0, 0.05) is 52.8 Å². The SMILES string of the molecule is CN(C)C(=O)C1(N2CCCCC2)CCN(CCC(CN(C)C(=O)c2ccc(F)cc2F)c2ccc(Cl)c(Cl)c2)CC1. The van der Waals surface area contributed by atoms with Crippen molar-refractivity contribution in [3.8, 4) is 0 Å². The van der Waals surface area contributed by atoms with E-state index in [4.69, 9.17) is 23.2 Å². The van der Waals surface area contributed by atoms with Crippen molar-refractivity contribution < 1.29 is 18.4 Å². The Labute approximate surface area is 252 Å². The van der Waals surface area contributed by atoms with E-state index in [2.05, 4.69) is 9.80 Å². The standard InChI is InChI=1S/C31H40Cl2F2N4O2/c1-36(2)30(41)31(39-14-5-4-6-15-39)12-17-38(18-13-31)16-11-23(22-7-10-26(32)27(33)19-22)21-37(3)29(40)25-9-8-24(34)20-28(25)35/h7-10,19-20,23H,4-6,11-18,21H2,1-3H3. The average molecular weight is 610 g/mol. The van der Waals surface area contributed by atoms with E-state index in [9.17, 15) is 18.4 Å². The Bertz CT molecular complexity index is 1230. The fourth-order valence-electron chi connectivity index (χ4n) is 6.30. The topological polar surface area (TPSA) is 47.1 Å². The number of piperidine rings is 2. The highest BCUT2D eigenvalue weighted by Crippen LogP contribution is 2.34. The van der Waals surface area contributed by atoms with Gasteiger partial charge in [-0.25, -0.2) is 8.78 Å². The van der Waals surface area contributed by atoms with Crippen LogP contribution in [0.4, 0.5) is 8.78 Å². The molecule has 0 spiro atoms. The first-order chi connectivity index (χ1) is 19.5. The molecule has 0 radical (unpaired) electrons. The lowest BCUT2D eigenvalue weighted by molar-refractivity contribution is -0.147. The number of hydrogen-bond acceptors (Lipinski definition) is 4. The molecule has 0 N–H and O–H groups in total. The third-order valence-corrected chi connectivity index (χ3v) is 9.40. The molecule has 2 saturated heterocycles. The van der Waals surface area contributed by atoms with Crippen molar-refractivity contribution >= 4 is 35.0 Å². The van der Waals surface area contributed by atoms with Crippen molar-refractivity contribution in [3.05, 3.63) is 69.2 Å². The molecule has 2 aromatic rings. The summed E-state index contributed by atoms with van der Waals surface area (Å²) >= 11 is 12.5. The molecular weight excluding hydrogens is 569 g/mol. The molecule has 6 nitrogen and oxygen atoms in total. The van der Waals surface area contributed by atoms with E-state index >= 15 is 0 Å². The summed E-state index contributed by atoms with van der Waals surface area (Å²) in [5.74, 6) is -2.03. The van der Waals surface area contributed by atoms with E-state index in [1.165, 1.54) is 17.4 Å². The predicted octanol–water partition coefficient (Wildman–Crippen LogP) is 5.93. The summed E-state index contributed by atoms with van der Waals surface area (Å²) in [6.45, 7) is 4.63. The molecule has 224 valence electrons. The van der Waals surface area contributed by atoms with Crippen LogP contribution in [0.25, 0.3) is 0 Å². The highest BCUT2D eigenvalue weighted by Gasteiger charge is 2.47. The van der Waals surface area contributed by atoms with Gasteiger partial charge in [0.05, 0.1) is 15.6 Å². The van der Waals surface area contributed by atoms with Crippen molar-refractivity contribution in [2.45, 2.75) is 50.0 Å². The van der Waals surface area contributed by atoms with Crippen molar-refractivity contribution in [1.29, 1.82) is 0 Å². The molecule has 2 amide bonds. The first-order valence-electron chi connectivity index (χ1n) is 14.4. The second-order valence-corrected chi connectivity index (χ2v) is 12.4. The van der Waals surface area contributed by atoms with E-state index < -0.39 is 23.1 Å². The van der Waals surface area contributed by atoms with Gasteiger partial charge >= 0.3 is 0 Å². The van der Waals surface area contributed by atoms with Crippen LogP contribution in [0.5, 0.6) is 0 Å². The van der Waals surface area contributed by atoms with E-state index in [1.807, 2.05) is 26.2 Å². The van der Waals surface area contributed by atoms with Crippen molar-refractivity contribution in [3.63, 3.8) is 0 Å². The number of rotatable bonds is 9. The molecule has 0 aromatic heterocycles. The smallest absolute Gasteiger partial charge is 0.256 e. The Morgan fingerprint density at radius 3 is 2.22 bits per heavy atom. The lowest BCUT2D eigenvalue weighted by Crippen LogP contribution is -2.64. The van der Waals surface area contributed by atoms with Crippen LogP contribution in [0.2, 0.25) is 10.0 Å². The summed E-state index contributed by atoms with van der Waals surface area (Å²) < 4.78 is 27.8. The zero-order valence-electron chi connectivity index (χ0n) is 24.1. The van der Waals surface area contributed by atoms with Crippen LogP contribution in [-0.4, -0.2) is 97.4 Å². The molecule has 1 unspecified atom stereocenters. The maximum atomic E-state index is 14.4. The fraction of sp³-hybridized carbons (Fsp3) is 0.548. The van der Waals surface area contributed by atoms with Gasteiger partial charge in [-0.15, -0.1) is 0 Å². The Morgan fingerprint density at radius 2 is 1.61 bits per heavy atom. The summed E-state index contributed by atoms with van der Waals surface area (Å²) in [6, 6.07) is 8.45. The Hall–Kier alpha value is -2.26. The molecule has 2 aromatic carbocycles. The van der Waals surface area contributed by atoms with E-state index in [0.717, 1.165) is 82.5 Å². The normalized spacial score (nSPS) is 18.6. The van der Waals surface area contributed by atoms with Crippen molar-refractivity contribution in [2.75, 3.05) is 60.4 Å². The summed E-state index contributed by atoms with van der Waals surface area (Å²) in [7, 11) is 5.31. The summed E-state index contributed by atoms with van der Waals surface area (Å²) in [6.07, 6.45) is 5.76. The molecule has 0 saturated carbocycles. The van der Waals surface area contributed by atoms with Crippen LogP contribution in [0.3, 0.4) is 0 Å². The number of likely N-dealkylation sites (tertiary alicyclic amines) is 2. The maximum Gasteiger partial charge on any atom is 0.256 e. The van der Waals surface area contributed by atoms with Gasteiger partial charge in [-0.05, 0) is 81.6 Å². The van der Waals surface area contributed by atoms with E-state index in [0.29, 0.717) is 16.6 Å². The van der Waals surface area contributed by atoms with Gasteiger partial charge in [0.2, 0.25) is 5.91 Å². The molecule has 2 aliphatic heterocycles. The first kappa shape index (κ1) is 31.7. The second kappa shape index (κ2) is 13.8. The van der Waals surface area contributed by atoms with Gasteiger partial charge < -0.3 is 14.7 Å². The highest BCUT2D eigenvalue weighted by molar-refractivity contribution is 6.42. The molecule has 41 heavy (non-hydrogen) atoms. The van der Waals surface area contributed by atoms with E-state index in [1.54, 1.807) is 18.0 Å². The molecule has 0 aliphatic carbocycles. The lowest BCUT2D eigenvalue weighted by Gasteiger charge is -2.50. The number of benzene rings is 2. The minimum Gasteiger partial charge on any atom is -0.347 e. The molecule has 1 atom stereocenters. The third-order valence-electron chi connectivity index (χ3n) is 8.66. The monoisotopic (exact) mass is 608 g/mol. The lowest BCUT2D eigenvalue weighted by atomic mass is 9.82. The molecule has 0 bridgehead atoms. The Morgan fingerprint density at radius 1 is 0.927 bits per heavy atom. The maximum absolute atomic E-state index is 14.4. The molecule has 4 rings (SSSR count). The van der Waals surface area contributed by atoms with Crippen molar-refractivity contribution in [2.24, 2.45) is 0 Å². The van der Waals surface area contributed by atoms with Crippen LogP contribution in [-0.2, 0) is 4.79 Å². The molecule has 2 aliphatic rings. The highest BCUT2D eigenvalue weighted by atomic mass is 35.5. The van der Waals surface area contributed by atoms with Gasteiger partial charge in [0.1, 0.15) is 17.2 Å². The summed E-state index contributed by atoms with van der Waals surface area (Å²) in [4.78, 5) is 34.5. The zero-order valence-corrected chi connectivity index (χ0v) is 25.7. The van der Waals surface area contributed by atoms with Gasteiger partial charge in [0.25, 0.3) is 5.91 Å². The third kappa shape index (κ3) is 7.39. The number of nitrogens with zero attached hydrogens (tertiary/aromatic N) is 4. The average Bonchev–Trinajstić information content (AvgIpc) is 2.96. The number of halogens is 4. The van der Waals surface area contributed by atoms with Crippen LogP contribution in [0.1, 0.15) is 60.4 Å². The van der Waals surface area contributed by atoms with Crippen LogP contribution in [0.15, 0.2) is 36.4 Å². The largest absolute Gasteiger partial charge is 0.347 e. The number of carbonyl (C=O) groups excluding carboxylic acids is 2. The van der Waals surface area contributed by atoms with E-state index in [-0.39, 0.29) is 17.4 Å². The van der Waals surface area contributed by atoms with Crippen LogP contribution >= 0.6 is 23.2 Å². The molecular formula is C31H40Cl2F2N4O2. The van der Waals surface area contributed by atoms with Gasteiger partial charge in [-0.1, -0.05) is 35.7 Å². The minimum atomic E-state index is -0.884. The predicted molar refractivity (Wildman–Crippen MR) is 160 cm³/mol. The van der Waals surface area contributed by atoms with Gasteiger partial charge in [-0.2, -0.15) is 0 Å². The summed E-state index contributed by atoms with van der Waals surface area (Å²) in [5, 5.41) is 0.877. The molecule has 2 fully saturated rings.